The van der Waals surface area contributed by atoms with E-state index in [1.165, 1.54) is 0 Å². The van der Waals surface area contributed by atoms with Crippen LogP contribution in [0, 0.1) is 0 Å². The molecular formula is C14H17NO4S. The van der Waals surface area contributed by atoms with Crippen LogP contribution in [-0.4, -0.2) is 41.6 Å². The molecule has 0 aromatic heterocycles. The van der Waals surface area contributed by atoms with Crippen molar-refractivity contribution in [2.45, 2.75) is 18.9 Å². The maximum atomic E-state index is 12.1. The van der Waals surface area contributed by atoms with Gasteiger partial charge < -0.3 is 15.2 Å². The van der Waals surface area contributed by atoms with Crippen molar-refractivity contribution in [3.05, 3.63) is 29.3 Å². The SMILES string of the molecule is CSCC[C@@H](NC(=O)c1ccc2c(c1)CCO2)C(=O)O. The summed E-state index contributed by atoms with van der Waals surface area (Å²) in [5.41, 5.74) is 1.47. The molecule has 0 saturated carbocycles. The van der Waals surface area contributed by atoms with Gasteiger partial charge >= 0.3 is 5.97 Å². The number of carbonyl (C=O) groups is 2. The summed E-state index contributed by atoms with van der Waals surface area (Å²) in [6.07, 6.45) is 3.10. The average Bonchev–Trinajstić information content (AvgIpc) is 2.90. The molecule has 0 saturated heterocycles. The van der Waals surface area contributed by atoms with Crippen molar-refractivity contribution in [3.8, 4) is 5.75 Å². The summed E-state index contributed by atoms with van der Waals surface area (Å²) < 4.78 is 5.38. The Morgan fingerprint density at radius 2 is 2.30 bits per heavy atom. The van der Waals surface area contributed by atoms with E-state index in [-0.39, 0.29) is 5.91 Å². The zero-order valence-electron chi connectivity index (χ0n) is 11.2. The number of hydrogen-bond donors (Lipinski definition) is 2. The van der Waals surface area contributed by atoms with Crippen molar-refractivity contribution in [1.82, 2.24) is 5.32 Å². The summed E-state index contributed by atoms with van der Waals surface area (Å²) in [4.78, 5) is 23.2. The van der Waals surface area contributed by atoms with Gasteiger partial charge in [0.2, 0.25) is 0 Å². The Morgan fingerprint density at radius 3 is 3.00 bits per heavy atom. The zero-order chi connectivity index (χ0) is 14.5. The molecular weight excluding hydrogens is 278 g/mol. The highest BCUT2D eigenvalue weighted by atomic mass is 32.2. The van der Waals surface area contributed by atoms with Gasteiger partial charge in [-0.25, -0.2) is 4.79 Å². The molecule has 1 atom stereocenters. The molecule has 108 valence electrons. The Labute approximate surface area is 121 Å². The summed E-state index contributed by atoms with van der Waals surface area (Å²) in [6.45, 7) is 0.631. The molecule has 1 heterocycles. The topological polar surface area (TPSA) is 75.6 Å². The second-order valence-electron chi connectivity index (χ2n) is 4.57. The van der Waals surface area contributed by atoms with E-state index in [0.717, 1.165) is 17.7 Å². The van der Waals surface area contributed by atoms with Crippen LogP contribution >= 0.6 is 11.8 Å². The molecule has 20 heavy (non-hydrogen) atoms. The van der Waals surface area contributed by atoms with Gasteiger partial charge in [-0.3, -0.25) is 4.79 Å². The normalized spacial score (nSPS) is 14.2. The summed E-state index contributed by atoms with van der Waals surface area (Å²) >= 11 is 1.56. The van der Waals surface area contributed by atoms with E-state index in [9.17, 15) is 9.59 Å². The van der Waals surface area contributed by atoms with Crippen LogP contribution in [0.1, 0.15) is 22.3 Å². The number of carboxylic acids is 1. The van der Waals surface area contributed by atoms with E-state index in [1.807, 2.05) is 6.26 Å². The van der Waals surface area contributed by atoms with Crippen LogP contribution in [0.3, 0.4) is 0 Å². The number of carbonyl (C=O) groups excluding carboxylic acids is 1. The van der Waals surface area contributed by atoms with Gasteiger partial charge in [0.05, 0.1) is 6.61 Å². The first kappa shape index (κ1) is 14.7. The highest BCUT2D eigenvalue weighted by molar-refractivity contribution is 7.98. The van der Waals surface area contributed by atoms with Gasteiger partial charge in [-0.05, 0) is 42.2 Å². The van der Waals surface area contributed by atoms with E-state index >= 15 is 0 Å². The van der Waals surface area contributed by atoms with Crippen molar-refractivity contribution in [3.63, 3.8) is 0 Å². The molecule has 1 aromatic carbocycles. The number of carboxylic acid groups (broad SMARTS) is 1. The fraction of sp³-hybridized carbons (Fsp3) is 0.429. The van der Waals surface area contributed by atoms with E-state index in [4.69, 9.17) is 9.84 Å². The van der Waals surface area contributed by atoms with Crippen LogP contribution in [-0.2, 0) is 11.2 Å². The predicted octanol–water partition coefficient (Wildman–Crippen LogP) is 1.56. The van der Waals surface area contributed by atoms with Crippen molar-refractivity contribution in [1.29, 1.82) is 0 Å². The first-order valence-corrected chi connectivity index (χ1v) is 7.79. The smallest absolute Gasteiger partial charge is 0.326 e. The van der Waals surface area contributed by atoms with Crippen LogP contribution in [0.2, 0.25) is 0 Å². The lowest BCUT2D eigenvalue weighted by Crippen LogP contribution is -2.41. The highest BCUT2D eigenvalue weighted by Gasteiger charge is 2.21. The first-order chi connectivity index (χ1) is 9.61. The number of ether oxygens (including phenoxy) is 1. The highest BCUT2D eigenvalue weighted by Crippen LogP contribution is 2.25. The summed E-state index contributed by atoms with van der Waals surface area (Å²) in [7, 11) is 0. The molecule has 1 amide bonds. The molecule has 0 unspecified atom stereocenters. The van der Waals surface area contributed by atoms with E-state index in [1.54, 1.807) is 30.0 Å². The van der Waals surface area contributed by atoms with Gasteiger partial charge in [0.1, 0.15) is 11.8 Å². The second-order valence-corrected chi connectivity index (χ2v) is 5.55. The van der Waals surface area contributed by atoms with Crippen LogP contribution in [0.4, 0.5) is 0 Å². The molecule has 0 bridgehead atoms. The van der Waals surface area contributed by atoms with Crippen LogP contribution < -0.4 is 10.1 Å². The molecule has 1 aliphatic heterocycles. The number of aliphatic carboxylic acids is 1. The average molecular weight is 295 g/mol. The largest absolute Gasteiger partial charge is 0.493 e. The van der Waals surface area contributed by atoms with Crippen LogP contribution in [0.25, 0.3) is 0 Å². The second kappa shape index (κ2) is 6.65. The van der Waals surface area contributed by atoms with E-state index < -0.39 is 12.0 Å². The van der Waals surface area contributed by atoms with Crippen molar-refractivity contribution < 1.29 is 19.4 Å². The van der Waals surface area contributed by atoms with Crippen molar-refractivity contribution in [2.75, 3.05) is 18.6 Å². The van der Waals surface area contributed by atoms with E-state index in [0.29, 0.717) is 24.3 Å². The minimum absolute atomic E-state index is 0.354. The van der Waals surface area contributed by atoms with Gasteiger partial charge in [0.15, 0.2) is 0 Å². The molecule has 5 nitrogen and oxygen atoms in total. The Morgan fingerprint density at radius 1 is 1.50 bits per heavy atom. The summed E-state index contributed by atoms with van der Waals surface area (Å²) in [6, 6.07) is 4.34. The van der Waals surface area contributed by atoms with Crippen molar-refractivity contribution >= 4 is 23.6 Å². The summed E-state index contributed by atoms with van der Waals surface area (Å²) in [5.74, 6) is 0.138. The molecule has 6 heteroatoms. The van der Waals surface area contributed by atoms with Gasteiger partial charge in [-0.1, -0.05) is 0 Å². The fourth-order valence-electron chi connectivity index (χ4n) is 2.06. The maximum Gasteiger partial charge on any atom is 0.326 e. The number of nitrogens with one attached hydrogen (secondary N) is 1. The first-order valence-electron chi connectivity index (χ1n) is 6.40. The Kier molecular flexibility index (Phi) is 4.89. The molecule has 1 aliphatic rings. The van der Waals surface area contributed by atoms with Crippen LogP contribution in [0.15, 0.2) is 18.2 Å². The number of benzene rings is 1. The standard InChI is InChI=1S/C14H17NO4S/c1-20-7-5-11(14(17)18)15-13(16)10-2-3-12-9(8-10)4-6-19-12/h2-3,8,11H,4-7H2,1H3,(H,15,16)(H,17,18)/t11-/m1/s1. The third kappa shape index (κ3) is 3.45. The fourth-order valence-corrected chi connectivity index (χ4v) is 2.53. The number of fused-ring (bicyclic) bond motifs is 1. The Balaban J connectivity index is 2.04. The number of rotatable bonds is 6. The third-order valence-corrected chi connectivity index (χ3v) is 3.81. The number of amides is 1. The summed E-state index contributed by atoms with van der Waals surface area (Å²) in [5, 5.41) is 11.7. The lowest BCUT2D eigenvalue weighted by atomic mass is 10.1. The number of thioether (sulfide) groups is 1. The van der Waals surface area contributed by atoms with Gasteiger partial charge in [0.25, 0.3) is 5.91 Å². The lowest BCUT2D eigenvalue weighted by molar-refractivity contribution is -0.139. The minimum atomic E-state index is -1.00. The maximum absolute atomic E-state index is 12.1. The van der Waals surface area contributed by atoms with Crippen LogP contribution in [0.5, 0.6) is 5.75 Å². The Hall–Kier alpha value is -1.69. The van der Waals surface area contributed by atoms with Gasteiger partial charge in [-0.2, -0.15) is 11.8 Å². The van der Waals surface area contributed by atoms with E-state index in [2.05, 4.69) is 5.32 Å². The third-order valence-electron chi connectivity index (χ3n) is 3.17. The molecule has 0 aliphatic carbocycles. The zero-order valence-corrected chi connectivity index (χ0v) is 12.0. The quantitative estimate of drug-likeness (QED) is 0.833. The molecule has 0 radical (unpaired) electrons. The molecule has 2 rings (SSSR count). The van der Waals surface area contributed by atoms with Gasteiger partial charge in [-0.15, -0.1) is 0 Å². The Bertz CT molecular complexity index is 518. The molecule has 0 spiro atoms. The lowest BCUT2D eigenvalue weighted by Gasteiger charge is -2.14. The monoisotopic (exact) mass is 295 g/mol. The molecule has 0 fully saturated rings. The van der Waals surface area contributed by atoms with Gasteiger partial charge in [0, 0.05) is 12.0 Å². The molecule has 2 N–H and O–H groups in total. The van der Waals surface area contributed by atoms with Crippen molar-refractivity contribution in [2.24, 2.45) is 0 Å². The predicted molar refractivity (Wildman–Crippen MR) is 77.5 cm³/mol. The number of hydrogen-bond acceptors (Lipinski definition) is 4. The molecule has 1 aromatic rings. The minimum Gasteiger partial charge on any atom is -0.493 e.